The van der Waals surface area contributed by atoms with Crippen molar-refractivity contribution in [2.75, 3.05) is 24.5 Å². The summed E-state index contributed by atoms with van der Waals surface area (Å²) in [7, 11) is 0. The molecule has 0 bridgehead atoms. The minimum atomic E-state index is 0.226. The lowest BCUT2D eigenvalue weighted by Gasteiger charge is -2.47. The van der Waals surface area contributed by atoms with Crippen LogP contribution in [0.1, 0.15) is 36.1 Å². The maximum Gasteiger partial charge on any atom is 0.183 e. The fraction of sp³-hybridized carbons (Fsp3) is 0.364. The van der Waals surface area contributed by atoms with Crippen molar-refractivity contribution in [2.45, 2.75) is 31.3 Å². The molecular weight excluding hydrogens is 348 g/mol. The normalized spacial score (nSPS) is 21.6. The highest BCUT2D eigenvalue weighted by Gasteiger charge is 2.35. The Morgan fingerprint density at radius 3 is 2.71 bits per heavy atom. The van der Waals surface area contributed by atoms with Crippen molar-refractivity contribution < 1.29 is 0 Å². The summed E-state index contributed by atoms with van der Waals surface area (Å²) in [5.41, 5.74) is 1.91. The molecule has 28 heavy (non-hydrogen) atoms. The molecule has 0 radical (unpaired) electrons. The van der Waals surface area contributed by atoms with E-state index in [0.717, 1.165) is 44.5 Å². The molecule has 2 aliphatic rings. The maximum absolute atomic E-state index is 9.31. The van der Waals surface area contributed by atoms with E-state index in [1.165, 1.54) is 0 Å². The van der Waals surface area contributed by atoms with Crippen LogP contribution >= 0.6 is 0 Å². The van der Waals surface area contributed by atoms with Gasteiger partial charge in [0, 0.05) is 43.6 Å². The van der Waals surface area contributed by atoms with Gasteiger partial charge in [-0.3, -0.25) is 4.90 Å². The van der Waals surface area contributed by atoms with Gasteiger partial charge < -0.3 is 4.90 Å². The second-order valence-electron chi connectivity index (χ2n) is 7.09. The van der Waals surface area contributed by atoms with Crippen molar-refractivity contribution in [1.82, 2.24) is 14.9 Å². The molecule has 1 aromatic heterocycles. The Morgan fingerprint density at radius 1 is 1.00 bits per heavy atom. The first kappa shape index (κ1) is 18.0. The number of piperazine rings is 1. The number of rotatable bonds is 1. The second kappa shape index (κ2) is 8.09. The first-order valence-electron chi connectivity index (χ1n) is 9.52. The monoisotopic (exact) mass is 368 g/mol. The van der Waals surface area contributed by atoms with Crippen LogP contribution in [0.15, 0.2) is 36.7 Å². The van der Waals surface area contributed by atoms with Gasteiger partial charge >= 0.3 is 0 Å². The average molecular weight is 368 g/mol. The van der Waals surface area contributed by atoms with Crippen LogP contribution in [-0.4, -0.2) is 46.6 Å². The topological polar surface area (TPSA) is 79.8 Å². The lowest BCUT2D eigenvalue weighted by atomic mass is 9.93. The van der Waals surface area contributed by atoms with E-state index < -0.39 is 0 Å². The van der Waals surface area contributed by atoms with Gasteiger partial charge in [-0.15, -0.1) is 0 Å². The van der Waals surface area contributed by atoms with Gasteiger partial charge in [-0.25, -0.2) is 9.97 Å². The molecule has 2 fully saturated rings. The molecule has 2 unspecified atom stereocenters. The molecule has 2 saturated heterocycles. The van der Waals surface area contributed by atoms with Gasteiger partial charge in [0.1, 0.15) is 6.07 Å². The third kappa shape index (κ3) is 3.67. The van der Waals surface area contributed by atoms with Crippen LogP contribution in [0.25, 0.3) is 0 Å². The smallest absolute Gasteiger partial charge is 0.183 e. The van der Waals surface area contributed by atoms with Crippen molar-refractivity contribution >= 4 is 5.82 Å². The van der Waals surface area contributed by atoms with Crippen LogP contribution in [0.3, 0.4) is 0 Å². The number of hydrogen-bond acceptors (Lipinski definition) is 6. The molecule has 0 amide bonds. The first-order valence-corrected chi connectivity index (χ1v) is 9.52. The van der Waals surface area contributed by atoms with E-state index in [0.29, 0.717) is 23.1 Å². The fourth-order valence-corrected chi connectivity index (χ4v) is 4.07. The van der Waals surface area contributed by atoms with Gasteiger partial charge in [0.15, 0.2) is 11.5 Å². The third-order valence-electron chi connectivity index (χ3n) is 5.40. The summed E-state index contributed by atoms with van der Waals surface area (Å²) in [6.07, 6.45) is 6.54. The highest BCUT2D eigenvalue weighted by molar-refractivity contribution is 5.50. The summed E-state index contributed by atoms with van der Waals surface area (Å²) in [6, 6.07) is 12.4. The zero-order valence-corrected chi connectivity index (χ0v) is 15.5. The van der Waals surface area contributed by atoms with Crippen molar-refractivity contribution in [3.8, 4) is 24.0 Å². The molecule has 1 aromatic carbocycles. The molecule has 3 heterocycles. The molecule has 0 spiro atoms. The number of benzene rings is 1. The Kier molecular flexibility index (Phi) is 5.20. The van der Waals surface area contributed by atoms with E-state index >= 15 is 0 Å². The summed E-state index contributed by atoms with van der Waals surface area (Å²) >= 11 is 0. The van der Waals surface area contributed by atoms with Gasteiger partial charge in [0.05, 0.1) is 17.7 Å². The number of aromatic nitrogens is 2. The largest absolute Gasteiger partial charge is 0.351 e. The minimum absolute atomic E-state index is 0.226. The number of piperidine rings is 1. The Balaban J connectivity index is 1.50. The first-order chi connectivity index (χ1) is 13.8. The number of nitrogens with zero attached hydrogens (tertiary/aromatic N) is 6. The van der Waals surface area contributed by atoms with Crippen LogP contribution in [-0.2, 0) is 0 Å². The van der Waals surface area contributed by atoms with Gasteiger partial charge in [-0.05, 0) is 37.5 Å². The number of fused-ring (bicyclic) bond motifs is 1. The maximum atomic E-state index is 9.31. The molecule has 6 heteroatoms. The predicted molar refractivity (Wildman–Crippen MR) is 105 cm³/mol. The number of anilines is 1. The van der Waals surface area contributed by atoms with Crippen molar-refractivity contribution in [1.29, 1.82) is 10.5 Å². The van der Waals surface area contributed by atoms with Gasteiger partial charge in [-0.2, -0.15) is 10.5 Å². The molecule has 4 rings (SSSR count). The molecule has 2 atom stereocenters. The van der Waals surface area contributed by atoms with Crippen LogP contribution in [0, 0.1) is 34.5 Å². The van der Waals surface area contributed by atoms with E-state index in [1.54, 1.807) is 18.5 Å². The van der Waals surface area contributed by atoms with E-state index in [4.69, 9.17) is 5.26 Å². The molecule has 0 aliphatic carbocycles. The zero-order valence-electron chi connectivity index (χ0n) is 15.5. The Morgan fingerprint density at radius 2 is 1.86 bits per heavy atom. The van der Waals surface area contributed by atoms with E-state index in [-0.39, 0.29) is 6.04 Å². The Labute approximate surface area is 165 Å². The van der Waals surface area contributed by atoms with Gasteiger partial charge in [0.2, 0.25) is 0 Å². The van der Waals surface area contributed by atoms with Crippen LogP contribution in [0.5, 0.6) is 0 Å². The highest BCUT2D eigenvalue weighted by atomic mass is 15.3. The Bertz CT molecular complexity index is 1010. The lowest BCUT2D eigenvalue weighted by molar-refractivity contribution is 0.100. The molecule has 2 aromatic rings. The minimum Gasteiger partial charge on any atom is -0.351 e. The SMILES string of the molecule is N#Cc1cccc(C#CC2CCCC3CN(c4nccnc4C#N)CCN23)c1. The summed E-state index contributed by atoms with van der Waals surface area (Å²) in [5.74, 6) is 7.38. The van der Waals surface area contributed by atoms with Gasteiger partial charge in [0.25, 0.3) is 0 Å². The van der Waals surface area contributed by atoms with E-state index in [2.05, 4.69) is 43.7 Å². The third-order valence-corrected chi connectivity index (χ3v) is 5.40. The lowest BCUT2D eigenvalue weighted by Crippen LogP contribution is -2.58. The van der Waals surface area contributed by atoms with Crippen molar-refractivity contribution in [3.63, 3.8) is 0 Å². The number of nitriles is 2. The van der Waals surface area contributed by atoms with Crippen LogP contribution < -0.4 is 4.90 Å². The number of hydrogen-bond donors (Lipinski definition) is 0. The van der Waals surface area contributed by atoms with Gasteiger partial charge in [-0.1, -0.05) is 17.9 Å². The standard InChI is InChI=1S/C22H20N6/c23-14-18-4-1-3-17(13-18)7-8-19-5-2-6-20-16-27(11-12-28(19)20)22-21(15-24)25-9-10-26-22/h1,3-4,9-10,13,19-20H,2,5-6,11-12,16H2. The molecule has 2 aliphatic heterocycles. The van der Waals surface area contributed by atoms with Crippen molar-refractivity contribution in [3.05, 3.63) is 53.5 Å². The van der Waals surface area contributed by atoms with E-state index in [9.17, 15) is 5.26 Å². The molecule has 138 valence electrons. The van der Waals surface area contributed by atoms with E-state index in [1.807, 2.05) is 18.2 Å². The Hall–Kier alpha value is -3.40. The summed E-state index contributed by atoms with van der Waals surface area (Å²) in [4.78, 5) is 13.2. The quantitative estimate of drug-likeness (QED) is 0.719. The average Bonchev–Trinajstić information content (AvgIpc) is 2.77. The summed E-state index contributed by atoms with van der Waals surface area (Å²) < 4.78 is 0. The highest BCUT2D eigenvalue weighted by Crippen LogP contribution is 2.28. The predicted octanol–water partition coefficient (Wildman–Crippen LogP) is 2.31. The molecule has 0 saturated carbocycles. The fourth-order valence-electron chi connectivity index (χ4n) is 4.07. The molecule has 0 N–H and O–H groups in total. The van der Waals surface area contributed by atoms with Crippen LogP contribution in [0.2, 0.25) is 0 Å². The second-order valence-corrected chi connectivity index (χ2v) is 7.09. The summed E-state index contributed by atoms with van der Waals surface area (Å²) in [5, 5.41) is 18.4. The van der Waals surface area contributed by atoms with Crippen LogP contribution in [0.4, 0.5) is 5.82 Å². The summed E-state index contributed by atoms with van der Waals surface area (Å²) in [6.45, 7) is 2.55. The zero-order chi connectivity index (χ0) is 19.3. The molecular formula is C22H20N6. The molecule has 6 nitrogen and oxygen atoms in total. The van der Waals surface area contributed by atoms with Crippen molar-refractivity contribution in [2.24, 2.45) is 0 Å².